The highest BCUT2D eigenvalue weighted by molar-refractivity contribution is 5.29. The van der Waals surface area contributed by atoms with E-state index in [9.17, 15) is 13.2 Å². The molecule has 0 aromatic carbocycles. The highest BCUT2D eigenvalue weighted by Crippen LogP contribution is 2.39. The first kappa shape index (κ1) is 14.0. The molecule has 17 heavy (non-hydrogen) atoms. The summed E-state index contributed by atoms with van der Waals surface area (Å²) in [6, 6.07) is 2.46. The van der Waals surface area contributed by atoms with Gasteiger partial charge in [0.2, 0.25) is 0 Å². The monoisotopic (exact) mass is 245 g/mol. The molecule has 0 radical (unpaired) electrons. The fraction of sp³-hybridized carbons (Fsp3) is 0.615. The number of pyridine rings is 1. The van der Waals surface area contributed by atoms with Crippen molar-refractivity contribution in [3.8, 4) is 0 Å². The molecule has 1 atom stereocenters. The van der Waals surface area contributed by atoms with Gasteiger partial charge in [0.05, 0.1) is 11.3 Å². The Morgan fingerprint density at radius 3 is 2.35 bits per heavy atom. The van der Waals surface area contributed by atoms with Crippen LogP contribution in [0.2, 0.25) is 0 Å². The average molecular weight is 245 g/mol. The standard InChI is InChI=1S/C13H18F3N/c1-4-8-12(3,5-2)11-10(13(14,15)16)7-6-9-17-11/h6-7,9H,4-5,8H2,1-3H3. The summed E-state index contributed by atoms with van der Waals surface area (Å²) in [7, 11) is 0. The van der Waals surface area contributed by atoms with Crippen molar-refractivity contribution in [3.05, 3.63) is 29.6 Å². The fourth-order valence-corrected chi connectivity index (χ4v) is 2.13. The van der Waals surface area contributed by atoms with E-state index in [1.165, 1.54) is 12.3 Å². The highest BCUT2D eigenvalue weighted by atomic mass is 19.4. The molecule has 0 fully saturated rings. The minimum absolute atomic E-state index is 0.178. The molecule has 1 nitrogen and oxygen atoms in total. The smallest absolute Gasteiger partial charge is 0.260 e. The van der Waals surface area contributed by atoms with Crippen molar-refractivity contribution in [2.24, 2.45) is 0 Å². The van der Waals surface area contributed by atoms with Gasteiger partial charge in [-0.25, -0.2) is 0 Å². The summed E-state index contributed by atoms with van der Waals surface area (Å²) in [4.78, 5) is 3.99. The van der Waals surface area contributed by atoms with Crippen LogP contribution in [0.15, 0.2) is 18.3 Å². The zero-order chi connectivity index (χ0) is 13.1. The quantitative estimate of drug-likeness (QED) is 0.757. The van der Waals surface area contributed by atoms with Gasteiger partial charge in [-0.1, -0.05) is 27.2 Å². The molecule has 0 bridgehead atoms. The number of aromatic nitrogens is 1. The van der Waals surface area contributed by atoms with Crippen LogP contribution in [0.4, 0.5) is 13.2 Å². The van der Waals surface area contributed by atoms with Crippen LogP contribution in [0, 0.1) is 0 Å². The Morgan fingerprint density at radius 1 is 1.24 bits per heavy atom. The van der Waals surface area contributed by atoms with Crippen LogP contribution in [0.1, 0.15) is 51.3 Å². The van der Waals surface area contributed by atoms with E-state index in [0.717, 1.165) is 12.5 Å². The van der Waals surface area contributed by atoms with E-state index in [1.807, 2.05) is 20.8 Å². The number of hydrogen-bond acceptors (Lipinski definition) is 1. The van der Waals surface area contributed by atoms with Crippen LogP contribution < -0.4 is 0 Å². The molecule has 1 unspecified atom stereocenters. The van der Waals surface area contributed by atoms with Crippen molar-refractivity contribution < 1.29 is 13.2 Å². The summed E-state index contributed by atoms with van der Waals surface area (Å²) < 4.78 is 38.7. The van der Waals surface area contributed by atoms with Crippen LogP contribution in [-0.2, 0) is 11.6 Å². The van der Waals surface area contributed by atoms with E-state index in [0.29, 0.717) is 12.8 Å². The molecule has 0 aliphatic heterocycles. The van der Waals surface area contributed by atoms with Gasteiger partial charge in [0, 0.05) is 11.6 Å². The summed E-state index contributed by atoms with van der Waals surface area (Å²) >= 11 is 0. The Labute approximate surface area is 100 Å². The molecule has 1 heterocycles. The number of halogens is 3. The number of nitrogens with zero attached hydrogens (tertiary/aromatic N) is 1. The van der Waals surface area contributed by atoms with Crippen LogP contribution in [0.5, 0.6) is 0 Å². The normalized spacial score (nSPS) is 15.6. The maximum absolute atomic E-state index is 12.9. The minimum Gasteiger partial charge on any atom is -0.260 e. The van der Waals surface area contributed by atoms with Gasteiger partial charge in [-0.15, -0.1) is 0 Å². The molecule has 0 saturated carbocycles. The molecular weight excluding hydrogens is 227 g/mol. The van der Waals surface area contributed by atoms with E-state index in [1.54, 1.807) is 0 Å². The molecule has 0 N–H and O–H groups in total. The van der Waals surface area contributed by atoms with E-state index in [2.05, 4.69) is 4.98 Å². The molecule has 96 valence electrons. The Kier molecular flexibility index (Phi) is 4.17. The summed E-state index contributed by atoms with van der Waals surface area (Å²) in [5.41, 5.74) is -0.921. The fourth-order valence-electron chi connectivity index (χ4n) is 2.13. The van der Waals surface area contributed by atoms with Gasteiger partial charge in [0.25, 0.3) is 0 Å². The van der Waals surface area contributed by atoms with Crippen LogP contribution in [-0.4, -0.2) is 4.98 Å². The van der Waals surface area contributed by atoms with Gasteiger partial charge in [0.1, 0.15) is 0 Å². The molecule has 0 aliphatic rings. The number of rotatable bonds is 4. The van der Waals surface area contributed by atoms with Crippen molar-refractivity contribution in [2.75, 3.05) is 0 Å². The topological polar surface area (TPSA) is 12.9 Å². The van der Waals surface area contributed by atoms with Crippen molar-refractivity contribution in [1.82, 2.24) is 4.98 Å². The zero-order valence-corrected chi connectivity index (χ0v) is 10.4. The average Bonchev–Trinajstić information content (AvgIpc) is 2.28. The third kappa shape index (κ3) is 2.99. The van der Waals surface area contributed by atoms with Crippen LogP contribution in [0.25, 0.3) is 0 Å². The minimum atomic E-state index is -4.33. The molecule has 1 rings (SSSR count). The Hall–Kier alpha value is -1.06. The first-order valence-corrected chi connectivity index (χ1v) is 5.88. The van der Waals surface area contributed by atoms with Crippen LogP contribution in [0.3, 0.4) is 0 Å². The molecule has 1 aromatic rings. The zero-order valence-electron chi connectivity index (χ0n) is 10.4. The summed E-state index contributed by atoms with van der Waals surface area (Å²) in [5.74, 6) is 0. The van der Waals surface area contributed by atoms with Gasteiger partial charge in [-0.3, -0.25) is 4.98 Å². The summed E-state index contributed by atoms with van der Waals surface area (Å²) in [6.45, 7) is 5.74. The van der Waals surface area contributed by atoms with Gasteiger partial charge < -0.3 is 0 Å². The van der Waals surface area contributed by atoms with Gasteiger partial charge in [-0.05, 0) is 25.0 Å². The lowest BCUT2D eigenvalue weighted by atomic mass is 9.77. The molecule has 1 aromatic heterocycles. The second-order valence-electron chi connectivity index (χ2n) is 4.56. The van der Waals surface area contributed by atoms with E-state index >= 15 is 0 Å². The van der Waals surface area contributed by atoms with Gasteiger partial charge in [0.15, 0.2) is 0 Å². The lowest BCUT2D eigenvalue weighted by molar-refractivity contribution is -0.139. The van der Waals surface area contributed by atoms with Crippen molar-refractivity contribution >= 4 is 0 Å². The van der Waals surface area contributed by atoms with E-state index < -0.39 is 17.2 Å². The predicted octanol–water partition coefficient (Wildman–Crippen LogP) is 4.57. The third-order valence-electron chi connectivity index (χ3n) is 3.27. The van der Waals surface area contributed by atoms with Gasteiger partial charge >= 0.3 is 6.18 Å². The molecule has 0 saturated heterocycles. The predicted molar refractivity (Wildman–Crippen MR) is 61.8 cm³/mol. The Bertz CT molecular complexity index is 373. The van der Waals surface area contributed by atoms with E-state index in [4.69, 9.17) is 0 Å². The Morgan fingerprint density at radius 2 is 1.88 bits per heavy atom. The van der Waals surface area contributed by atoms with Gasteiger partial charge in [-0.2, -0.15) is 13.2 Å². The lowest BCUT2D eigenvalue weighted by Gasteiger charge is -2.29. The molecule has 0 spiro atoms. The first-order chi connectivity index (χ1) is 7.85. The lowest BCUT2D eigenvalue weighted by Crippen LogP contribution is -2.26. The molecular formula is C13H18F3N. The van der Waals surface area contributed by atoms with Crippen LogP contribution >= 0.6 is 0 Å². The maximum atomic E-state index is 12.9. The summed E-state index contributed by atoms with van der Waals surface area (Å²) in [5, 5.41) is 0. The van der Waals surface area contributed by atoms with Crippen molar-refractivity contribution in [1.29, 1.82) is 0 Å². The third-order valence-corrected chi connectivity index (χ3v) is 3.27. The molecule has 0 amide bonds. The second kappa shape index (κ2) is 5.07. The van der Waals surface area contributed by atoms with Crippen molar-refractivity contribution in [3.63, 3.8) is 0 Å². The summed E-state index contributed by atoms with van der Waals surface area (Å²) in [6.07, 6.45) is -0.676. The highest BCUT2D eigenvalue weighted by Gasteiger charge is 2.39. The molecule has 0 aliphatic carbocycles. The number of hydrogen-bond donors (Lipinski definition) is 0. The van der Waals surface area contributed by atoms with Crippen molar-refractivity contribution in [2.45, 2.75) is 51.6 Å². The molecule has 4 heteroatoms. The van der Waals surface area contributed by atoms with E-state index in [-0.39, 0.29) is 5.69 Å². The largest absolute Gasteiger partial charge is 0.418 e. The SMILES string of the molecule is CCCC(C)(CC)c1ncccc1C(F)(F)F. The first-order valence-electron chi connectivity index (χ1n) is 5.88. The second-order valence-corrected chi connectivity index (χ2v) is 4.56. The maximum Gasteiger partial charge on any atom is 0.418 e. The Balaban J connectivity index is 3.29. The number of alkyl halides is 3.